The van der Waals surface area contributed by atoms with Crippen molar-refractivity contribution in [2.45, 2.75) is 38.6 Å². The molecular weight excluding hydrogens is 202 g/mol. The number of nitrogens with zero attached hydrogens (tertiary/aromatic N) is 2. The van der Waals surface area contributed by atoms with Gasteiger partial charge in [-0.15, -0.1) is 0 Å². The molecule has 0 saturated carbocycles. The fraction of sp³-hybridized carbons (Fsp3) is 0.917. The number of amides is 1. The van der Waals surface area contributed by atoms with Crippen LogP contribution in [0.15, 0.2) is 0 Å². The SMILES string of the molecule is CCC[C@@H](N)C(=O)N(C)CCN1CCCC1. The molecule has 0 aromatic heterocycles. The summed E-state index contributed by atoms with van der Waals surface area (Å²) in [6.07, 6.45) is 4.35. The number of hydrogen-bond acceptors (Lipinski definition) is 3. The summed E-state index contributed by atoms with van der Waals surface area (Å²) in [6, 6.07) is -0.312. The van der Waals surface area contributed by atoms with Gasteiger partial charge in [-0.3, -0.25) is 4.79 Å². The zero-order valence-electron chi connectivity index (χ0n) is 10.6. The van der Waals surface area contributed by atoms with E-state index in [1.807, 2.05) is 7.05 Å². The number of likely N-dealkylation sites (N-methyl/N-ethyl adjacent to an activating group) is 1. The Morgan fingerprint density at radius 2 is 2.06 bits per heavy atom. The van der Waals surface area contributed by atoms with E-state index in [1.54, 1.807) is 4.90 Å². The largest absolute Gasteiger partial charge is 0.343 e. The molecule has 0 unspecified atom stereocenters. The standard InChI is InChI=1S/C12H25N3O/c1-3-6-11(13)12(16)14(2)9-10-15-7-4-5-8-15/h11H,3-10,13H2,1-2H3/t11-/m1/s1. The van der Waals surface area contributed by atoms with Crippen LogP contribution in [0.5, 0.6) is 0 Å². The Labute approximate surface area is 98.8 Å². The minimum absolute atomic E-state index is 0.0843. The number of carbonyl (C=O) groups is 1. The summed E-state index contributed by atoms with van der Waals surface area (Å²) in [5, 5.41) is 0. The summed E-state index contributed by atoms with van der Waals surface area (Å²) in [7, 11) is 1.86. The van der Waals surface area contributed by atoms with Gasteiger partial charge >= 0.3 is 0 Å². The summed E-state index contributed by atoms with van der Waals surface area (Å²) in [4.78, 5) is 16.0. The van der Waals surface area contributed by atoms with Crippen molar-refractivity contribution >= 4 is 5.91 Å². The lowest BCUT2D eigenvalue weighted by molar-refractivity contribution is -0.131. The fourth-order valence-corrected chi connectivity index (χ4v) is 2.13. The fourth-order valence-electron chi connectivity index (χ4n) is 2.13. The molecule has 1 atom stereocenters. The van der Waals surface area contributed by atoms with Crippen molar-refractivity contribution in [3.8, 4) is 0 Å². The van der Waals surface area contributed by atoms with Crippen LogP contribution >= 0.6 is 0 Å². The first-order valence-corrected chi connectivity index (χ1v) is 6.38. The Morgan fingerprint density at radius 1 is 1.44 bits per heavy atom. The lowest BCUT2D eigenvalue weighted by Crippen LogP contribution is -2.44. The van der Waals surface area contributed by atoms with Gasteiger partial charge in [0.05, 0.1) is 6.04 Å². The molecule has 2 N–H and O–H groups in total. The smallest absolute Gasteiger partial charge is 0.239 e. The Balaban J connectivity index is 2.22. The summed E-state index contributed by atoms with van der Waals surface area (Å²) in [6.45, 7) is 6.21. The van der Waals surface area contributed by atoms with Crippen LogP contribution in [0, 0.1) is 0 Å². The Kier molecular flexibility index (Phi) is 5.77. The molecule has 0 aliphatic carbocycles. The Bertz CT molecular complexity index is 214. The van der Waals surface area contributed by atoms with Gasteiger partial charge in [0.15, 0.2) is 0 Å². The zero-order chi connectivity index (χ0) is 12.0. The second kappa shape index (κ2) is 6.86. The molecule has 1 aliphatic heterocycles. The number of nitrogens with two attached hydrogens (primary N) is 1. The van der Waals surface area contributed by atoms with Crippen molar-refractivity contribution in [3.05, 3.63) is 0 Å². The van der Waals surface area contributed by atoms with Crippen LogP contribution in [-0.2, 0) is 4.79 Å². The maximum atomic E-state index is 11.8. The second-order valence-electron chi connectivity index (χ2n) is 4.70. The highest BCUT2D eigenvalue weighted by Crippen LogP contribution is 2.07. The topological polar surface area (TPSA) is 49.6 Å². The summed E-state index contributed by atoms with van der Waals surface area (Å²) < 4.78 is 0. The Morgan fingerprint density at radius 3 is 2.62 bits per heavy atom. The van der Waals surface area contributed by atoms with Crippen LogP contribution < -0.4 is 5.73 Å². The number of hydrogen-bond donors (Lipinski definition) is 1. The quantitative estimate of drug-likeness (QED) is 0.725. The van der Waals surface area contributed by atoms with E-state index in [0.29, 0.717) is 0 Å². The number of likely N-dealkylation sites (tertiary alicyclic amines) is 1. The van der Waals surface area contributed by atoms with Crippen LogP contribution in [0.4, 0.5) is 0 Å². The monoisotopic (exact) mass is 227 g/mol. The van der Waals surface area contributed by atoms with Crippen molar-refractivity contribution in [2.24, 2.45) is 5.73 Å². The zero-order valence-corrected chi connectivity index (χ0v) is 10.6. The molecule has 4 nitrogen and oxygen atoms in total. The first kappa shape index (κ1) is 13.5. The normalized spacial score (nSPS) is 18.7. The van der Waals surface area contributed by atoms with E-state index >= 15 is 0 Å². The third-order valence-electron chi connectivity index (χ3n) is 3.24. The van der Waals surface area contributed by atoms with Gasteiger partial charge in [-0.05, 0) is 32.4 Å². The van der Waals surface area contributed by atoms with Crippen molar-refractivity contribution in [2.75, 3.05) is 33.2 Å². The van der Waals surface area contributed by atoms with Crippen LogP contribution in [0.25, 0.3) is 0 Å². The molecule has 0 aromatic rings. The molecule has 1 heterocycles. The highest BCUT2D eigenvalue weighted by Gasteiger charge is 2.18. The van der Waals surface area contributed by atoms with Crippen molar-refractivity contribution in [1.82, 2.24) is 9.80 Å². The molecule has 1 fully saturated rings. The predicted octanol–water partition coefficient (Wildman–Crippen LogP) is 0.668. The first-order chi connectivity index (χ1) is 7.65. The molecule has 1 aliphatic rings. The van der Waals surface area contributed by atoms with Gasteiger partial charge in [0.25, 0.3) is 0 Å². The molecule has 16 heavy (non-hydrogen) atoms. The molecular formula is C12H25N3O. The van der Waals surface area contributed by atoms with E-state index in [-0.39, 0.29) is 11.9 Å². The lowest BCUT2D eigenvalue weighted by Gasteiger charge is -2.24. The number of carbonyl (C=O) groups excluding carboxylic acids is 1. The van der Waals surface area contributed by atoms with Gasteiger partial charge in [-0.2, -0.15) is 0 Å². The molecule has 0 radical (unpaired) electrons. The highest BCUT2D eigenvalue weighted by molar-refractivity contribution is 5.81. The van der Waals surface area contributed by atoms with Gasteiger partial charge in [-0.1, -0.05) is 13.3 Å². The minimum Gasteiger partial charge on any atom is -0.343 e. The second-order valence-corrected chi connectivity index (χ2v) is 4.70. The number of rotatable bonds is 6. The highest BCUT2D eigenvalue weighted by atomic mass is 16.2. The predicted molar refractivity (Wildman–Crippen MR) is 66.2 cm³/mol. The third-order valence-corrected chi connectivity index (χ3v) is 3.24. The van der Waals surface area contributed by atoms with Crippen molar-refractivity contribution in [3.63, 3.8) is 0 Å². The van der Waals surface area contributed by atoms with E-state index in [9.17, 15) is 4.79 Å². The average Bonchev–Trinajstić information content (AvgIpc) is 2.78. The van der Waals surface area contributed by atoms with Crippen molar-refractivity contribution < 1.29 is 4.79 Å². The Hall–Kier alpha value is -0.610. The maximum Gasteiger partial charge on any atom is 0.239 e. The van der Waals surface area contributed by atoms with Crippen LogP contribution in [0.3, 0.4) is 0 Å². The van der Waals surface area contributed by atoms with Gasteiger partial charge < -0.3 is 15.5 Å². The van der Waals surface area contributed by atoms with Crippen LogP contribution in [0.1, 0.15) is 32.6 Å². The third kappa shape index (κ3) is 4.10. The maximum absolute atomic E-state index is 11.8. The van der Waals surface area contributed by atoms with E-state index in [0.717, 1.165) is 25.9 Å². The van der Waals surface area contributed by atoms with E-state index in [1.165, 1.54) is 25.9 Å². The molecule has 0 bridgehead atoms. The van der Waals surface area contributed by atoms with Gasteiger partial charge in [0.2, 0.25) is 5.91 Å². The molecule has 1 saturated heterocycles. The summed E-state index contributed by atoms with van der Waals surface area (Å²) in [5.74, 6) is 0.0843. The molecule has 1 amide bonds. The van der Waals surface area contributed by atoms with Crippen molar-refractivity contribution in [1.29, 1.82) is 0 Å². The summed E-state index contributed by atoms with van der Waals surface area (Å²) >= 11 is 0. The average molecular weight is 227 g/mol. The molecule has 94 valence electrons. The summed E-state index contributed by atoms with van der Waals surface area (Å²) in [5.41, 5.74) is 5.81. The van der Waals surface area contributed by atoms with E-state index in [4.69, 9.17) is 5.73 Å². The minimum atomic E-state index is -0.312. The molecule has 4 heteroatoms. The van der Waals surface area contributed by atoms with Gasteiger partial charge in [0, 0.05) is 20.1 Å². The van der Waals surface area contributed by atoms with Crippen LogP contribution in [0.2, 0.25) is 0 Å². The van der Waals surface area contributed by atoms with E-state index in [2.05, 4.69) is 11.8 Å². The molecule has 0 aromatic carbocycles. The lowest BCUT2D eigenvalue weighted by atomic mass is 10.1. The van der Waals surface area contributed by atoms with Gasteiger partial charge in [0.1, 0.15) is 0 Å². The van der Waals surface area contributed by atoms with Crippen LogP contribution in [-0.4, -0.2) is 55.0 Å². The molecule has 0 spiro atoms. The first-order valence-electron chi connectivity index (χ1n) is 6.38. The molecule has 1 rings (SSSR count). The van der Waals surface area contributed by atoms with E-state index < -0.39 is 0 Å². The van der Waals surface area contributed by atoms with Gasteiger partial charge in [-0.25, -0.2) is 0 Å².